The molecular weight excluding hydrogens is 250 g/mol. The Labute approximate surface area is 124 Å². The molecule has 118 valence electrons. The van der Waals surface area contributed by atoms with Crippen LogP contribution in [0.1, 0.15) is 47.0 Å². The zero-order valence-corrected chi connectivity index (χ0v) is 13.8. The molecule has 4 heteroatoms. The van der Waals surface area contributed by atoms with Crippen molar-refractivity contribution >= 4 is 5.91 Å². The van der Waals surface area contributed by atoms with Crippen molar-refractivity contribution in [1.29, 1.82) is 0 Å². The van der Waals surface area contributed by atoms with Crippen molar-refractivity contribution in [2.24, 2.45) is 5.92 Å². The smallest absolute Gasteiger partial charge is 0.237 e. The van der Waals surface area contributed by atoms with Crippen LogP contribution in [0.25, 0.3) is 0 Å². The SMILES string of the molecule is CCC(CC)N(CC(C)C)C(=O)CN1CCCNCC1. The number of rotatable bonds is 7. The highest BCUT2D eigenvalue weighted by Crippen LogP contribution is 2.12. The highest BCUT2D eigenvalue weighted by Gasteiger charge is 2.23. The standard InChI is InChI=1S/C16H33N3O/c1-5-15(6-2)19(12-14(3)4)16(20)13-18-10-7-8-17-9-11-18/h14-15,17H,5-13H2,1-4H3. The van der Waals surface area contributed by atoms with Gasteiger partial charge in [-0.2, -0.15) is 0 Å². The van der Waals surface area contributed by atoms with E-state index in [1.54, 1.807) is 0 Å². The highest BCUT2D eigenvalue weighted by atomic mass is 16.2. The van der Waals surface area contributed by atoms with Crippen LogP contribution < -0.4 is 5.32 Å². The van der Waals surface area contributed by atoms with E-state index < -0.39 is 0 Å². The number of carbonyl (C=O) groups excluding carboxylic acids is 1. The summed E-state index contributed by atoms with van der Waals surface area (Å²) in [6, 6.07) is 0.398. The van der Waals surface area contributed by atoms with Gasteiger partial charge < -0.3 is 10.2 Å². The summed E-state index contributed by atoms with van der Waals surface area (Å²) in [6.07, 6.45) is 3.25. The zero-order valence-electron chi connectivity index (χ0n) is 13.8. The molecule has 1 saturated heterocycles. The Balaban J connectivity index is 2.61. The van der Waals surface area contributed by atoms with Gasteiger partial charge in [-0.1, -0.05) is 27.7 Å². The van der Waals surface area contributed by atoms with Gasteiger partial charge in [-0.15, -0.1) is 0 Å². The number of hydrogen-bond acceptors (Lipinski definition) is 3. The van der Waals surface area contributed by atoms with E-state index in [0.717, 1.165) is 52.0 Å². The lowest BCUT2D eigenvalue weighted by Gasteiger charge is -2.34. The molecule has 0 bridgehead atoms. The number of nitrogens with zero attached hydrogens (tertiary/aromatic N) is 2. The van der Waals surface area contributed by atoms with Crippen molar-refractivity contribution in [1.82, 2.24) is 15.1 Å². The lowest BCUT2D eigenvalue weighted by atomic mass is 10.1. The van der Waals surface area contributed by atoms with E-state index in [1.165, 1.54) is 0 Å². The molecule has 1 rings (SSSR count). The average Bonchev–Trinajstić information content (AvgIpc) is 2.67. The first-order chi connectivity index (χ1) is 9.58. The summed E-state index contributed by atoms with van der Waals surface area (Å²) in [5.41, 5.74) is 0. The summed E-state index contributed by atoms with van der Waals surface area (Å²) in [6.45, 7) is 14.3. The van der Waals surface area contributed by atoms with Crippen LogP contribution in [0.15, 0.2) is 0 Å². The van der Waals surface area contributed by atoms with Crippen LogP contribution in [0, 0.1) is 5.92 Å². The van der Waals surface area contributed by atoms with Gasteiger partial charge in [0.25, 0.3) is 0 Å². The number of carbonyl (C=O) groups is 1. The van der Waals surface area contributed by atoms with Crippen LogP contribution in [-0.2, 0) is 4.79 Å². The Hall–Kier alpha value is -0.610. The van der Waals surface area contributed by atoms with Crippen molar-refractivity contribution in [3.63, 3.8) is 0 Å². The minimum absolute atomic E-state index is 0.314. The van der Waals surface area contributed by atoms with Gasteiger partial charge in [0.1, 0.15) is 0 Å². The molecule has 1 aliphatic heterocycles. The first-order valence-electron chi connectivity index (χ1n) is 8.31. The zero-order chi connectivity index (χ0) is 15.0. The molecule has 1 N–H and O–H groups in total. The number of amides is 1. The lowest BCUT2D eigenvalue weighted by Crippen LogP contribution is -2.47. The van der Waals surface area contributed by atoms with Crippen molar-refractivity contribution in [2.75, 3.05) is 39.3 Å². The fourth-order valence-corrected chi connectivity index (χ4v) is 2.92. The van der Waals surface area contributed by atoms with Gasteiger partial charge in [-0.25, -0.2) is 0 Å². The van der Waals surface area contributed by atoms with E-state index in [4.69, 9.17) is 0 Å². The quantitative estimate of drug-likeness (QED) is 0.776. The van der Waals surface area contributed by atoms with E-state index in [2.05, 4.69) is 42.8 Å². The minimum Gasteiger partial charge on any atom is -0.338 e. The third-order valence-corrected chi connectivity index (χ3v) is 4.06. The van der Waals surface area contributed by atoms with E-state index in [9.17, 15) is 4.79 Å². The van der Waals surface area contributed by atoms with Gasteiger partial charge in [-0.05, 0) is 38.3 Å². The second-order valence-electron chi connectivity index (χ2n) is 6.29. The maximum absolute atomic E-state index is 12.7. The van der Waals surface area contributed by atoms with Crippen molar-refractivity contribution in [3.05, 3.63) is 0 Å². The molecule has 1 fully saturated rings. The molecule has 0 aromatic carbocycles. The summed E-state index contributed by atoms with van der Waals surface area (Å²) in [5.74, 6) is 0.847. The monoisotopic (exact) mass is 283 g/mol. The predicted octanol–water partition coefficient (Wildman–Crippen LogP) is 1.95. The first kappa shape index (κ1) is 17.4. The average molecular weight is 283 g/mol. The van der Waals surface area contributed by atoms with Crippen molar-refractivity contribution in [3.8, 4) is 0 Å². The molecule has 1 amide bonds. The fraction of sp³-hybridized carbons (Fsp3) is 0.938. The van der Waals surface area contributed by atoms with Gasteiger partial charge in [0.2, 0.25) is 5.91 Å². The third kappa shape index (κ3) is 5.80. The summed E-state index contributed by atoms with van der Waals surface area (Å²) < 4.78 is 0. The van der Waals surface area contributed by atoms with Crippen LogP contribution >= 0.6 is 0 Å². The van der Waals surface area contributed by atoms with Gasteiger partial charge >= 0.3 is 0 Å². The van der Waals surface area contributed by atoms with Crippen LogP contribution in [0.4, 0.5) is 0 Å². The lowest BCUT2D eigenvalue weighted by molar-refractivity contribution is -0.135. The van der Waals surface area contributed by atoms with Crippen LogP contribution in [0.5, 0.6) is 0 Å². The third-order valence-electron chi connectivity index (χ3n) is 4.06. The van der Waals surface area contributed by atoms with Crippen LogP contribution in [0.2, 0.25) is 0 Å². The Morgan fingerprint density at radius 3 is 2.50 bits per heavy atom. The second-order valence-corrected chi connectivity index (χ2v) is 6.29. The van der Waals surface area contributed by atoms with E-state index in [0.29, 0.717) is 24.4 Å². The molecule has 20 heavy (non-hydrogen) atoms. The van der Waals surface area contributed by atoms with E-state index in [1.807, 2.05) is 0 Å². The maximum Gasteiger partial charge on any atom is 0.237 e. The molecule has 1 aliphatic rings. The van der Waals surface area contributed by atoms with Gasteiger partial charge in [0.15, 0.2) is 0 Å². The van der Waals surface area contributed by atoms with Gasteiger partial charge in [-0.3, -0.25) is 9.69 Å². The molecule has 0 aromatic rings. The normalized spacial score (nSPS) is 17.5. The Morgan fingerprint density at radius 2 is 1.90 bits per heavy atom. The molecule has 0 atom stereocenters. The van der Waals surface area contributed by atoms with Crippen molar-refractivity contribution < 1.29 is 4.79 Å². The molecule has 4 nitrogen and oxygen atoms in total. The summed E-state index contributed by atoms with van der Waals surface area (Å²) in [5, 5.41) is 3.39. The van der Waals surface area contributed by atoms with Gasteiger partial charge in [0, 0.05) is 25.7 Å². The summed E-state index contributed by atoms with van der Waals surface area (Å²) >= 11 is 0. The van der Waals surface area contributed by atoms with Gasteiger partial charge in [0.05, 0.1) is 6.54 Å². The summed E-state index contributed by atoms with van der Waals surface area (Å²) in [7, 11) is 0. The number of nitrogens with one attached hydrogen (secondary N) is 1. The van der Waals surface area contributed by atoms with Crippen molar-refractivity contribution in [2.45, 2.75) is 53.0 Å². The first-order valence-corrected chi connectivity index (χ1v) is 8.31. The minimum atomic E-state index is 0.314. The molecule has 0 aromatic heterocycles. The Kier molecular flexibility index (Phi) is 8.15. The molecular formula is C16H33N3O. The highest BCUT2D eigenvalue weighted by molar-refractivity contribution is 5.78. The maximum atomic E-state index is 12.7. The Morgan fingerprint density at radius 1 is 1.20 bits per heavy atom. The van der Waals surface area contributed by atoms with Crippen LogP contribution in [0.3, 0.4) is 0 Å². The molecule has 0 saturated carbocycles. The molecule has 0 aliphatic carbocycles. The predicted molar refractivity (Wildman–Crippen MR) is 84.8 cm³/mol. The number of hydrogen-bond donors (Lipinski definition) is 1. The largest absolute Gasteiger partial charge is 0.338 e. The fourth-order valence-electron chi connectivity index (χ4n) is 2.92. The van der Waals surface area contributed by atoms with E-state index >= 15 is 0 Å². The molecule has 0 spiro atoms. The molecule has 1 heterocycles. The molecule has 0 unspecified atom stereocenters. The topological polar surface area (TPSA) is 35.6 Å². The summed E-state index contributed by atoms with van der Waals surface area (Å²) in [4.78, 5) is 17.1. The second kappa shape index (κ2) is 9.35. The molecule has 0 radical (unpaired) electrons. The van der Waals surface area contributed by atoms with Crippen LogP contribution in [-0.4, -0.2) is 61.0 Å². The Bertz CT molecular complexity index is 269. The van der Waals surface area contributed by atoms with E-state index in [-0.39, 0.29) is 0 Å².